The van der Waals surface area contributed by atoms with Crippen molar-refractivity contribution in [3.8, 4) is 11.5 Å². The van der Waals surface area contributed by atoms with E-state index in [2.05, 4.69) is 36.3 Å². The number of halogens is 1. The van der Waals surface area contributed by atoms with Crippen LogP contribution in [0.5, 0.6) is 0 Å². The first-order valence-electron chi connectivity index (χ1n) is 6.28. The average molecular weight is 367 g/mol. The van der Waals surface area contributed by atoms with Gasteiger partial charge < -0.3 is 8.83 Å². The summed E-state index contributed by atoms with van der Waals surface area (Å²) in [6.07, 6.45) is 0.727. The second kappa shape index (κ2) is 6.40. The molecule has 8 heteroatoms. The SMILES string of the molecule is CCc1nnc(CSc2nnc(-c3cccc(Br)c3)o2)o1. The Morgan fingerprint density at radius 3 is 2.71 bits per heavy atom. The van der Waals surface area contributed by atoms with Crippen LogP contribution in [0.15, 0.2) is 42.8 Å². The molecule has 0 aliphatic carbocycles. The predicted molar refractivity (Wildman–Crippen MR) is 80.7 cm³/mol. The quantitative estimate of drug-likeness (QED) is 0.636. The lowest BCUT2D eigenvalue weighted by molar-refractivity contribution is 0.458. The lowest BCUT2D eigenvalue weighted by atomic mass is 10.2. The highest BCUT2D eigenvalue weighted by Crippen LogP contribution is 2.26. The number of aryl methyl sites for hydroxylation is 1. The van der Waals surface area contributed by atoms with E-state index in [1.807, 2.05) is 31.2 Å². The molecule has 0 spiro atoms. The van der Waals surface area contributed by atoms with E-state index < -0.39 is 0 Å². The number of hydrogen-bond acceptors (Lipinski definition) is 7. The molecule has 2 heterocycles. The van der Waals surface area contributed by atoms with Gasteiger partial charge in [-0.1, -0.05) is 40.7 Å². The lowest BCUT2D eigenvalue weighted by Crippen LogP contribution is -1.80. The zero-order chi connectivity index (χ0) is 14.7. The molecule has 0 bridgehead atoms. The maximum atomic E-state index is 5.61. The Morgan fingerprint density at radius 1 is 1.10 bits per heavy atom. The summed E-state index contributed by atoms with van der Waals surface area (Å²) in [5.41, 5.74) is 0.870. The van der Waals surface area contributed by atoms with Crippen molar-refractivity contribution in [3.05, 3.63) is 40.5 Å². The molecule has 0 N–H and O–H groups in total. The van der Waals surface area contributed by atoms with Gasteiger partial charge in [-0.05, 0) is 18.2 Å². The molecule has 2 aromatic heterocycles. The van der Waals surface area contributed by atoms with Crippen LogP contribution in [0.4, 0.5) is 0 Å². The normalized spacial score (nSPS) is 11.0. The molecule has 0 saturated heterocycles. The first-order valence-corrected chi connectivity index (χ1v) is 8.06. The second-order valence-corrected chi connectivity index (χ2v) is 5.96. The number of nitrogens with zero attached hydrogens (tertiary/aromatic N) is 4. The molecule has 0 unspecified atom stereocenters. The predicted octanol–water partition coefficient (Wildman–Crippen LogP) is 3.74. The van der Waals surface area contributed by atoms with Crippen molar-refractivity contribution < 1.29 is 8.83 Å². The van der Waals surface area contributed by atoms with Crippen LogP contribution in [-0.2, 0) is 12.2 Å². The second-order valence-electron chi connectivity index (χ2n) is 4.12. The van der Waals surface area contributed by atoms with Crippen LogP contribution < -0.4 is 0 Å². The fourth-order valence-electron chi connectivity index (χ4n) is 1.62. The molecule has 1 aromatic carbocycles. The van der Waals surface area contributed by atoms with Gasteiger partial charge in [0.1, 0.15) is 0 Å². The summed E-state index contributed by atoms with van der Waals surface area (Å²) in [6.45, 7) is 1.96. The third-order valence-corrected chi connectivity index (χ3v) is 3.90. The first-order chi connectivity index (χ1) is 10.2. The summed E-state index contributed by atoms with van der Waals surface area (Å²) in [5, 5.41) is 16.4. The Hall–Kier alpha value is -1.67. The van der Waals surface area contributed by atoms with E-state index in [1.165, 1.54) is 11.8 Å². The van der Waals surface area contributed by atoms with Gasteiger partial charge in [0.15, 0.2) is 0 Å². The molecule has 21 heavy (non-hydrogen) atoms. The Kier molecular flexibility index (Phi) is 4.35. The fourth-order valence-corrected chi connectivity index (χ4v) is 2.62. The Labute approximate surface area is 133 Å². The number of aromatic nitrogens is 4. The maximum absolute atomic E-state index is 5.61. The van der Waals surface area contributed by atoms with Gasteiger partial charge >= 0.3 is 0 Å². The highest BCUT2D eigenvalue weighted by molar-refractivity contribution is 9.10. The molecule has 0 amide bonds. The van der Waals surface area contributed by atoms with Gasteiger partial charge in [-0.2, -0.15) is 0 Å². The van der Waals surface area contributed by atoms with Crippen LogP contribution in [-0.4, -0.2) is 20.4 Å². The van der Waals surface area contributed by atoms with E-state index in [-0.39, 0.29) is 0 Å². The molecule has 3 rings (SSSR count). The Balaban J connectivity index is 1.67. The van der Waals surface area contributed by atoms with Gasteiger partial charge in [0, 0.05) is 16.5 Å². The Bertz CT molecular complexity index is 743. The highest BCUT2D eigenvalue weighted by Gasteiger charge is 2.11. The summed E-state index contributed by atoms with van der Waals surface area (Å²) in [4.78, 5) is 0. The molecule has 3 aromatic rings. The summed E-state index contributed by atoms with van der Waals surface area (Å²) < 4.78 is 12.0. The van der Waals surface area contributed by atoms with Crippen LogP contribution in [0.2, 0.25) is 0 Å². The molecule has 0 aliphatic rings. The van der Waals surface area contributed by atoms with Crippen LogP contribution in [0.1, 0.15) is 18.7 Å². The third-order valence-electron chi connectivity index (χ3n) is 2.61. The molecular formula is C13H11BrN4O2S. The molecule has 108 valence electrons. The van der Waals surface area contributed by atoms with Crippen molar-refractivity contribution in [1.82, 2.24) is 20.4 Å². The smallest absolute Gasteiger partial charge is 0.277 e. The van der Waals surface area contributed by atoms with Gasteiger partial charge in [0.25, 0.3) is 5.22 Å². The maximum Gasteiger partial charge on any atom is 0.277 e. The minimum Gasteiger partial charge on any atom is -0.424 e. The lowest BCUT2D eigenvalue weighted by Gasteiger charge is -1.95. The molecule has 0 radical (unpaired) electrons. The summed E-state index contributed by atoms with van der Waals surface area (Å²) in [5.74, 6) is 2.18. The number of benzene rings is 1. The standard InChI is InChI=1S/C13H11BrN4O2S/c1-2-10-15-16-11(19-10)7-21-13-18-17-12(20-13)8-4-3-5-9(14)6-8/h3-6H,2,7H2,1H3. The first kappa shape index (κ1) is 14.3. The molecular weight excluding hydrogens is 356 g/mol. The molecule has 0 aliphatic heterocycles. The zero-order valence-corrected chi connectivity index (χ0v) is 13.5. The summed E-state index contributed by atoms with van der Waals surface area (Å²) in [6, 6.07) is 7.70. The van der Waals surface area contributed by atoms with Gasteiger partial charge in [0.2, 0.25) is 17.7 Å². The van der Waals surface area contributed by atoms with Gasteiger partial charge in [0.05, 0.1) is 5.75 Å². The molecule has 0 saturated carbocycles. The van der Waals surface area contributed by atoms with E-state index in [1.54, 1.807) is 0 Å². The zero-order valence-electron chi connectivity index (χ0n) is 11.1. The van der Waals surface area contributed by atoms with Crippen LogP contribution >= 0.6 is 27.7 Å². The summed E-state index contributed by atoms with van der Waals surface area (Å²) in [7, 11) is 0. The molecule has 0 atom stereocenters. The van der Waals surface area contributed by atoms with Crippen molar-refractivity contribution in [2.24, 2.45) is 0 Å². The minimum absolute atomic E-state index is 0.473. The van der Waals surface area contributed by atoms with Crippen molar-refractivity contribution in [3.63, 3.8) is 0 Å². The molecule has 6 nitrogen and oxygen atoms in total. The van der Waals surface area contributed by atoms with Crippen LogP contribution in [0.3, 0.4) is 0 Å². The van der Waals surface area contributed by atoms with Crippen molar-refractivity contribution in [2.45, 2.75) is 24.3 Å². The number of thioether (sulfide) groups is 1. The molecule has 0 fully saturated rings. The van der Waals surface area contributed by atoms with Crippen LogP contribution in [0.25, 0.3) is 11.5 Å². The van der Waals surface area contributed by atoms with E-state index in [0.29, 0.717) is 28.6 Å². The Morgan fingerprint density at radius 2 is 1.95 bits per heavy atom. The largest absolute Gasteiger partial charge is 0.424 e. The van der Waals surface area contributed by atoms with Crippen molar-refractivity contribution in [1.29, 1.82) is 0 Å². The monoisotopic (exact) mass is 366 g/mol. The van der Waals surface area contributed by atoms with E-state index >= 15 is 0 Å². The highest BCUT2D eigenvalue weighted by atomic mass is 79.9. The van der Waals surface area contributed by atoms with E-state index in [4.69, 9.17) is 8.83 Å². The number of rotatable bonds is 5. The van der Waals surface area contributed by atoms with Gasteiger partial charge in [-0.15, -0.1) is 20.4 Å². The average Bonchev–Trinajstić information content (AvgIpc) is 3.14. The topological polar surface area (TPSA) is 77.8 Å². The van der Waals surface area contributed by atoms with Crippen molar-refractivity contribution in [2.75, 3.05) is 0 Å². The van der Waals surface area contributed by atoms with Gasteiger partial charge in [-0.25, -0.2) is 0 Å². The van der Waals surface area contributed by atoms with E-state index in [0.717, 1.165) is 16.5 Å². The number of hydrogen-bond donors (Lipinski definition) is 0. The van der Waals surface area contributed by atoms with Crippen molar-refractivity contribution >= 4 is 27.7 Å². The fraction of sp³-hybridized carbons (Fsp3) is 0.231. The third kappa shape index (κ3) is 3.51. The van der Waals surface area contributed by atoms with E-state index in [9.17, 15) is 0 Å². The van der Waals surface area contributed by atoms with Gasteiger partial charge in [-0.3, -0.25) is 0 Å². The summed E-state index contributed by atoms with van der Waals surface area (Å²) >= 11 is 4.78. The minimum atomic E-state index is 0.473. The van der Waals surface area contributed by atoms with Crippen LogP contribution in [0, 0.1) is 0 Å².